The van der Waals surface area contributed by atoms with E-state index < -0.39 is 11.6 Å². The summed E-state index contributed by atoms with van der Waals surface area (Å²) < 4.78 is 38.2. The molecule has 1 saturated heterocycles. The minimum Gasteiger partial charge on any atom is -0.497 e. The van der Waals surface area contributed by atoms with E-state index in [1.807, 2.05) is 0 Å². The minimum atomic E-state index is -0.719. The second kappa shape index (κ2) is 8.03. The SMILES string of the molecule is COc1ccc(Br)c(C(=O)N2CCC(Oc3ccc(F)cc3F)CC2)c1. The van der Waals surface area contributed by atoms with E-state index in [0.29, 0.717) is 41.7 Å². The summed E-state index contributed by atoms with van der Waals surface area (Å²) in [5.74, 6) is -0.807. The standard InChI is InChI=1S/C19H18BrF2NO3/c1-25-14-3-4-16(20)15(11-14)19(24)23-8-6-13(7-9-23)26-18-5-2-12(21)10-17(18)22/h2-5,10-11,13H,6-9H2,1H3. The van der Waals surface area contributed by atoms with Gasteiger partial charge in [-0.05, 0) is 46.3 Å². The first kappa shape index (κ1) is 18.6. The number of amides is 1. The fraction of sp³-hybridized carbons (Fsp3) is 0.316. The Morgan fingerprint density at radius 3 is 2.54 bits per heavy atom. The molecule has 0 radical (unpaired) electrons. The average Bonchev–Trinajstić information content (AvgIpc) is 2.64. The first-order chi connectivity index (χ1) is 12.5. The van der Waals surface area contributed by atoms with Gasteiger partial charge in [-0.25, -0.2) is 8.78 Å². The largest absolute Gasteiger partial charge is 0.497 e. The third-order valence-corrected chi connectivity index (χ3v) is 5.01. The van der Waals surface area contributed by atoms with Crippen molar-refractivity contribution in [2.24, 2.45) is 0 Å². The fourth-order valence-electron chi connectivity index (χ4n) is 2.89. The second-order valence-electron chi connectivity index (χ2n) is 6.03. The minimum absolute atomic E-state index is 0.0340. The van der Waals surface area contributed by atoms with Crippen LogP contribution in [-0.4, -0.2) is 37.1 Å². The van der Waals surface area contributed by atoms with E-state index in [1.54, 1.807) is 30.2 Å². The third-order valence-electron chi connectivity index (χ3n) is 4.32. The number of carbonyl (C=O) groups excluding carboxylic acids is 1. The highest BCUT2D eigenvalue weighted by atomic mass is 79.9. The van der Waals surface area contributed by atoms with E-state index in [1.165, 1.54) is 6.07 Å². The molecule has 1 fully saturated rings. The van der Waals surface area contributed by atoms with Gasteiger partial charge in [-0.1, -0.05) is 0 Å². The second-order valence-corrected chi connectivity index (χ2v) is 6.88. The molecule has 1 amide bonds. The Kier molecular flexibility index (Phi) is 5.76. The van der Waals surface area contributed by atoms with Crippen molar-refractivity contribution < 1.29 is 23.0 Å². The summed E-state index contributed by atoms with van der Waals surface area (Å²) in [7, 11) is 1.55. The maximum atomic E-state index is 13.7. The molecule has 138 valence electrons. The van der Waals surface area contributed by atoms with Crippen LogP contribution in [0.5, 0.6) is 11.5 Å². The van der Waals surface area contributed by atoms with Gasteiger partial charge in [-0.2, -0.15) is 0 Å². The van der Waals surface area contributed by atoms with Crippen LogP contribution in [0.1, 0.15) is 23.2 Å². The molecule has 0 saturated carbocycles. The molecule has 2 aromatic carbocycles. The van der Waals surface area contributed by atoms with Crippen LogP contribution < -0.4 is 9.47 Å². The third kappa shape index (κ3) is 4.15. The van der Waals surface area contributed by atoms with E-state index in [-0.39, 0.29) is 17.8 Å². The van der Waals surface area contributed by atoms with Crippen LogP contribution in [0.4, 0.5) is 8.78 Å². The maximum absolute atomic E-state index is 13.7. The van der Waals surface area contributed by atoms with E-state index >= 15 is 0 Å². The molecule has 2 aromatic rings. The zero-order chi connectivity index (χ0) is 18.7. The molecule has 1 aliphatic heterocycles. The van der Waals surface area contributed by atoms with E-state index in [2.05, 4.69) is 15.9 Å². The van der Waals surface area contributed by atoms with Gasteiger partial charge < -0.3 is 14.4 Å². The molecule has 4 nitrogen and oxygen atoms in total. The quantitative estimate of drug-likeness (QED) is 0.727. The molecule has 3 rings (SSSR count). The van der Waals surface area contributed by atoms with Crippen molar-refractivity contribution in [1.82, 2.24) is 4.90 Å². The van der Waals surface area contributed by atoms with Gasteiger partial charge in [0, 0.05) is 36.5 Å². The Bertz CT molecular complexity index is 807. The van der Waals surface area contributed by atoms with Gasteiger partial charge in [0.15, 0.2) is 11.6 Å². The smallest absolute Gasteiger partial charge is 0.255 e. The number of benzene rings is 2. The normalized spacial score (nSPS) is 15.0. The number of likely N-dealkylation sites (tertiary alicyclic amines) is 1. The lowest BCUT2D eigenvalue weighted by Gasteiger charge is -2.32. The van der Waals surface area contributed by atoms with Crippen LogP contribution in [0.25, 0.3) is 0 Å². The van der Waals surface area contributed by atoms with Crippen molar-refractivity contribution in [3.05, 3.63) is 58.1 Å². The summed E-state index contributed by atoms with van der Waals surface area (Å²) in [4.78, 5) is 14.5. The molecule has 7 heteroatoms. The number of methoxy groups -OCH3 is 1. The monoisotopic (exact) mass is 425 g/mol. The van der Waals surface area contributed by atoms with Gasteiger partial charge in [0.1, 0.15) is 17.7 Å². The van der Waals surface area contributed by atoms with Gasteiger partial charge in [0.05, 0.1) is 12.7 Å². The highest BCUT2D eigenvalue weighted by molar-refractivity contribution is 9.10. The Labute approximate surface area is 158 Å². The van der Waals surface area contributed by atoms with Gasteiger partial charge in [0.25, 0.3) is 5.91 Å². The van der Waals surface area contributed by atoms with E-state index in [0.717, 1.165) is 12.1 Å². The molecule has 0 N–H and O–H groups in total. The van der Waals surface area contributed by atoms with Crippen LogP contribution in [0.15, 0.2) is 40.9 Å². The Hall–Kier alpha value is -2.15. The molecular weight excluding hydrogens is 408 g/mol. The molecule has 0 aliphatic carbocycles. The summed E-state index contributed by atoms with van der Waals surface area (Å²) in [6.45, 7) is 0.992. The van der Waals surface area contributed by atoms with E-state index in [4.69, 9.17) is 9.47 Å². The lowest BCUT2D eigenvalue weighted by atomic mass is 10.1. The first-order valence-electron chi connectivity index (χ1n) is 8.22. The molecule has 1 heterocycles. The Balaban J connectivity index is 1.62. The predicted molar refractivity (Wildman–Crippen MR) is 96.6 cm³/mol. The first-order valence-corrected chi connectivity index (χ1v) is 9.01. The lowest BCUT2D eigenvalue weighted by molar-refractivity contribution is 0.0587. The summed E-state index contributed by atoms with van der Waals surface area (Å²) in [5.41, 5.74) is 0.535. The number of halogens is 3. The summed E-state index contributed by atoms with van der Waals surface area (Å²) in [6, 6.07) is 8.50. The van der Waals surface area contributed by atoms with Crippen LogP contribution in [0, 0.1) is 11.6 Å². The number of ether oxygens (including phenoxy) is 2. The number of piperidine rings is 1. The van der Waals surface area contributed by atoms with Crippen molar-refractivity contribution in [1.29, 1.82) is 0 Å². The van der Waals surface area contributed by atoms with Gasteiger partial charge >= 0.3 is 0 Å². The number of hydrogen-bond donors (Lipinski definition) is 0. The highest BCUT2D eigenvalue weighted by Gasteiger charge is 2.26. The highest BCUT2D eigenvalue weighted by Crippen LogP contribution is 2.27. The van der Waals surface area contributed by atoms with Crippen molar-refractivity contribution in [2.75, 3.05) is 20.2 Å². The predicted octanol–water partition coefficient (Wildman–Crippen LogP) is 4.42. The molecule has 0 bridgehead atoms. The molecule has 1 aliphatic rings. The van der Waals surface area contributed by atoms with Crippen LogP contribution in [-0.2, 0) is 0 Å². The molecule has 0 unspecified atom stereocenters. The summed E-state index contributed by atoms with van der Waals surface area (Å²) in [5, 5.41) is 0. The number of rotatable bonds is 4. The van der Waals surface area contributed by atoms with Crippen LogP contribution >= 0.6 is 15.9 Å². The fourth-order valence-corrected chi connectivity index (χ4v) is 3.31. The van der Waals surface area contributed by atoms with Gasteiger partial charge in [0.2, 0.25) is 0 Å². The molecular formula is C19H18BrF2NO3. The van der Waals surface area contributed by atoms with Crippen molar-refractivity contribution in [2.45, 2.75) is 18.9 Å². The number of carbonyl (C=O) groups is 1. The van der Waals surface area contributed by atoms with Crippen LogP contribution in [0.2, 0.25) is 0 Å². The zero-order valence-electron chi connectivity index (χ0n) is 14.2. The number of nitrogens with zero attached hydrogens (tertiary/aromatic N) is 1. The van der Waals surface area contributed by atoms with Crippen LogP contribution in [0.3, 0.4) is 0 Å². The Morgan fingerprint density at radius 2 is 1.88 bits per heavy atom. The molecule has 0 aromatic heterocycles. The molecule has 0 spiro atoms. The van der Waals surface area contributed by atoms with Crippen molar-refractivity contribution in [3.63, 3.8) is 0 Å². The zero-order valence-corrected chi connectivity index (χ0v) is 15.8. The van der Waals surface area contributed by atoms with Gasteiger partial charge in [-0.15, -0.1) is 0 Å². The summed E-state index contributed by atoms with van der Waals surface area (Å²) in [6.07, 6.45) is 0.932. The van der Waals surface area contributed by atoms with E-state index in [9.17, 15) is 13.6 Å². The summed E-state index contributed by atoms with van der Waals surface area (Å²) >= 11 is 3.40. The average molecular weight is 426 g/mol. The van der Waals surface area contributed by atoms with Crippen molar-refractivity contribution >= 4 is 21.8 Å². The number of hydrogen-bond acceptors (Lipinski definition) is 3. The topological polar surface area (TPSA) is 38.8 Å². The molecule has 26 heavy (non-hydrogen) atoms. The Morgan fingerprint density at radius 1 is 1.15 bits per heavy atom. The van der Waals surface area contributed by atoms with Gasteiger partial charge in [-0.3, -0.25) is 4.79 Å². The lowest BCUT2D eigenvalue weighted by Crippen LogP contribution is -2.42. The van der Waals surface area contributed by atoms with Crippen molar-refractivity contribution in [3.8, 4) is 11.5 Å². The molecule has 0 atom stereocenters. The maximum Gasteiger partial charge on any atom is 0.255 e.